The number of carbonyl (C=O) groups excluding carboxylic acids is 1. The van der Waals surface area contributed by atoms with E-state index in [1.807, 2.05) is 56.3 Å². The summed E-state index contributed by atoms with van der Waals surface area (Å²) < 4.78 is 0. The molecule has 2 atom stereocenters. The first-order chi connectivity index (χ1) is 12.0. The SMILES string of the molecule is CC(CC#CCN(C)C)C(=O)C(O)(c1ccccc1)C1CCCCC1. The molecule has 0 heterocycles. The van der Waals surface area contributed by atoms with Crippen molar-refractivity contribution in [2.24, 2.45) is 11.8 Å². The Balaban J connectivity index is 2.22. The van der Waals surface area contributed by atoms with Crippen molar-refractivity contribution in [2.75, 3.05) is 20.6 Å². The summed E-state index contributed by atoms with van der Waals surface area (Å²) in [5.74, 6) is 5.84. The van der Waals surface area contributed by atoms with E-state index in [4.69, 9.17) is 0 Å². The molecule has 2 unspecified atom stereocenters. The number of Topliss-reactive ketones (excluding diaryl/α,β-unsaturated/α-hetero) is 1. The number of benzene rings is 1. The maximum Gasteiger partial charge on any atom is 0.172 e. The Kier molecular flexibility index (Phi) is 7.23. The van der Waals surface area contributed by atoms with Gasteiger partial charge in [0.25, 0.3) is 0 Å². The zero-order chi connectivity index (χ0) is 18.3. The Bertz CT molecular complexity index is 608. The molecule has 25 heavy (non-hydrogen) atoms. The molecule has 1 aliphatic carbocycles. The number of rotatable bonds is 6. The van der Waals surface area contributed by atoms with Crippen LogP contribution in [0.15, 0.2) is 30.3 Å². The fourth-order valence-corrected chi connectivity index (χ4v) is 3.70. The highest BCUT2D eigenvalue weighted by molar-refractivity contribution is 5.90. The number of carbonyl (C=O) groups is 1. The van der Waals surface area contributed by atoms with Crippen molar-refractivity contribution in [1.29, 1.82) is 0 Å². The number of ketones is 1. The normalized spacial score (nSPS) is 18.9. The maximum absolute atomic E-state index is 13.3. The second kappa shape index (κ2) is 9.17. The Hall–Kier alpha value is -1.63. The third kappa shape index (κ3) is 4.93. The molecule has 0 bridgehead atoms. The van der Waals surface area contributed by atoms with Crippen molar-refractivity contribution in [3.63, 3.8) is 0 Å². The number of aliphatic hydroxyl groups is 1. The second-order valence-electron chi connectivity index (χ2n) is 7.53. The Morgan fingerprint density at radius 3 is 2.44 bits per heavy atom. The molecule has 0 amide bonds. The van der Waals surface area contributed by atoms with Gasteiger partial charge in [0.2, 0.25) is 0 Å². The molecule has 1 aliphatic rings. The van der Waals surface area contributed by atoms with Gasteiger partial charge in [0.15, 0.2) is 11.4 Å². The van der Waals surface area contributed by atoms with Crippen LogP contribution < -0.4 is 0 Å². The molecule has 1 saturated carbocycles. The van der Waals surface area contributed by atoms with Gasteiger partial charge < -0.3 is 5.11 Å². The maximum atomic E-state index is 13.3. The third-order valence-corrected chi connectivity index (χ3v) is 5.16. The second-order valence-corrected chi connectivity index (χ2v) is 7.53. The van der Waals surface area contributed by atoms with Crippen LogP contribution in [-0.2, 0) is 10.4 Å². The minimum Gasteiger partial charge on any atom is -0.377 e. The van der Waals surface area contributed by atoms with Crippen LogP contribution in [0.25, 0.3) is 0 Å². The molecule has 136 valence electrons. The number of hydrogen-bond acceptors (Lipinski definition) is 3. The Labute approximate surface area is 152 Å². The van der Waals surface area contributed by atoms with Crippen molar-refractivity contribution >= 4 is 5.78 Å². The van der Waals surface area contributed by atoms with Crippen LogP contribution >= 0.6 is 0 Å². The van der Waals surface area contributed by atoms with Gasteiger partial charge in [-0.1, -0.05) is 62.4 Å². The largest absolute Gasteiger partial charge is 0.377 e. The molecule has 1 aromatic carbocycles. The standard InChI is InChI=1S/C22H31NO2/c1-18(12-10-11-17-23(2)3)21(24)22(25,19-13-6-4-7-14-19)20-15-8-5-9-16-20/h4,6-7,13-14,18,20,25H,5,8-9,12,15-17H2,1-3H3. The zero-order valence-electron chi connectivity index (χ0n) is 15.8. The average molecular weight is 341 g/mol. The molecule has 1 N–H and O–H groups in total. The van der Waals surface area contributed by atoms with E-state index in [2.05, 4.69) is 11.8 Å². The zero-order valence-corrected chi connectivity index (χ0v) is 15.8. The summed E-state index contributed by atoms with van der Waals surface area (Å²) in [5.41, 5.74) is -0.648. The smallest absolute Gasteiger partial charge is 0.172 e. The van der Waals surface area contributed by atoms with E-state index in [1.54, 1.807) is 0 Å². The summed E-state index contributed by atoms with van der Waals surface area (Å²) >= 11 is 0. The van der Waals surface area contributed by atoms with Gasteiger partial charge in [-0.15, -0.1) is 5.92 Å². The molecule has 0 aliphatic heterocycles. The summed E-state index contributed by atoms with van der Waals surface area (Å²) in [6.45, 7) is 2.58. The first-order valence-corrected chi connectivity index (χ1v) is 9.39. The fraction of sp³-hybridized carbons (Fsp3) is 0.591. The van der Waals surface area contributed by atoms with Crippen LogP contribution in [0, 0.1) is 23.7 Å². The monoisotopic (exact) mass is 341 g/mol. The van der Waals surface area contributed by atoms with Crippen LogP contribution in [-0.4, -0.2) is 36.4 Å². The lowest BCUT2D eigenvalue weighted by Crippen LogP contribution is -2.46. The lowest BCUT2D eigenvalue weighted by atomic mass is 9.69. The summed E-state index contributed by atoms with van der Waals surface area (Å²) in [5, 5.41) is 11.6. The third-order valence-electron chi connectivity index (χ3n) is 5.16. The lowest BCUT2D eigenvalue weighted by molar-refractivity contribution is -0.150. The highest BCUT2D eigenvalue weighted by Gasteiger charge is 2.46. The van der Waals surface area contributed by atoms with E-state index < -0.39 is 5.60 Å². The van der Waals surface area contributed by atoms with Crippen molar-refractivity contribution in [1.82, 2.24) is 4.90 Å². The highest BCUT2D eigenvalue weighted by Crippen LogP contribution is 2.41. The minimum absolute atomic E-state index is 0.00772. The van der Waals surface area contributed by atoms with Crippen LogP contribution in [0.3, 0.4) is 0 Å². The van der Waals surface area contributed by atoms with E-state index in [1.165, 1.54) is 6.42 Å². The molecule has 3 heteroatoms. The first-order valence-electron chi connectivity index (χ1n) is 9.39. The molecule has 0 spiro atoms. The van der Waals surface area contributed by atoms with Gasteiger partial charge in [-0.2, -0.15) is 0 Å². The lowest BCUT2D eigenvalue weighted by Gasteiger charge is -2.39. The molecular formula is C22H31NO2. The molecule has 1 aromatic rings. The van der Waals surface area contributed by atoms with E-state index in [0.29, 0.717) is 13.0 Å². The van der Waals surface area contributed by atoms with Crippen LogP contribution in [0.2, 0.25) is 0 Å². The van der Waals surface area contributed by atoms with Gasteiger partial charge in [-0.25, -0.2) is 0 Å². The average Bonchev–Trinajstić information content (AvgIpc) is 2.65. The van der Waals surface area contributed by atoms with E-state index in [0.717, 1.165) is 31.2 Å². The molecule has 0 radical (unpaired) electrons. The van der Waals surface area contributed by atoms with E-state index in [9.17, 15) is 9.90 Å². The van der Waals surface area contributed by atoms with Gasteiger partial charge in [0, 0.05) is 12.3 Å². The summed E-state index contributed by atoms with van der Waals surface area (Å²) in [7, 11) is 3.95. The van der Waals surface area contributed by atoms with Gasteiger partial charge in [0.05, 0.1) is 6.54 Å². The molecule has 2 rings (SSSR count). The van der Waals surface area contributed by atoms with Gasteiger partial charge in [-0.3, -0.25) is 9.69 Å². The van der Waals surface area contributed by atoms with E-state index >= 15 is 0 Å². The van der Waals surface area contributed by atoms with Gasteiger partial charge in [0.1, 0.15) is 0 Å². The predicted molar refractivity (Wildman–Crippen MR) is 102 cm³/mol. The summed E-state index contributed by atoms with van der Waals surface area (Å²) in [6, 6.07) is 9.50. The number of nitrogens with zero attached hydrogens (tertiary/aromatic N) is 1. The van der Waals surface area contributed by atoms with Crippen molar-refractivity contribution in [2.45, 2.75) is 51.0 Å². The summed E-state index contributed by atoms with van der Waals surface area (Å²) in [4.78, 5) is 15.3. The number of hydrogen-bond donors (Lipinski definition) is 1. The van der Waals surface area contributed by atoms with Gasteiger partial charge in [-0.05, 0) is 38.4 Å². The first kappa shape index (κ1) is 19.7. The Morgan fingerprint density at radius 1 is 1.20 bits per heavy atom. The van der Waals surface area contributed by atoms with Crippen molar-refractivity contribution in [3.05, 3.63) is 35.9 Å². The summed E-state index contributed by atoms with van der Waals surface area (Å²) in [6.07, 6.45) is 5.69. The molecule has 1 fully saturated rings. The Morgan fingerprint density at radius 2 is 1.84 bits per heavy atom. The molecule has 0 aromatic heterocycles. The van der Waals surface area contributed by atoms with Crippen molar-refractivity contribution in [3.8, 4) is 11.8 Å². The predicted octanol–water partition coefficient (Wildman–Crippen LogP) is 3.61. The van der Waals surface area contributed by atoms with Crippen LogP contribution in [0.1, 0.15) is 51.0 Å². The van der Waals surface area contributed by atoms with Crippen molar-refractivity contribution < 1.29 is 9.90 Å². The molecule has 3 nitrogen and oxygen atoms in total. The molecule has 0 saturated heterocycles. The fourth-order valence-electron chi connectivity index (χ4n) is 3.70. The minimum atomic E-state index is -1.38. The van der Waals surface area contributed by atoms with Gasteiger partial charge >= 0.3 is 0 Å². The topological polar surface area (TPSA) is 40.5 Å². The van der Waals surface area contributed by atoms with Crippen LogP contribution in [0.4, 0.5) is 0 Å². The molecular weight excluding hydrogens is 310 g/mol. The quantitative estimate of drug-likeness (QED) is 0.804. The highest BCUT2D eigenvalue weighted by atomic mass is 16.3. The van der Waals surface area contributed by atoms with Crippen LogP contribution in [0.5, 0.6) is 0 Å². The van der Waals surface area contributed by atoms with E-state index in [-0.39, 0.29) is 17.6 Å².